The predicted molar refractivity (Wildman–Crippen MR) is 110 cm³/mol. The highest BCUT2D eigenvalue weighted by Gasteiger charge is 2.16. The molecule has 9 nitrogen and oxygen atoms in total. The molecule has 0 saturated heterocycles. The molecule has 0 aliphatic heterocycles. The van der Waals surface area contributed by atoms with E-state index in [0.29, 0.717) is 17.7 Å². The van der Waals surface area contributed by atoms with E-state index in [2.05, 4.69) is 15.2 Å². The van der Waals surface area contributed by atoms with Crippen molar-refractivity contribution in [1.82, 2.24) is 19.7 Å². The highest BCUT2D eigenvalue weighted by molar-refractivity contribution is 6.32. The number of benzene rings is 1. The van der Waals surface area contributed by atoms with E-state index in [9.17, 15) is 14.4 Å². The molecule has 0 radical (unpaired) electrons. The van der Waals surface area contributed by atoms with Gasteiger partial charge in [0.2, 0.25) is 5.88 Å². The normalized spacial score (nSPS) is 11.2. The van der Waals surface area contributed by atoms with Gasteiger partial charge >= 0.3 is 5.69 Å². The maximum Gasteiger partial charge on any atom is 0.333 e. The fraction of sp³-hybridized carbons (Fsp3) is 0.250. The van der Waals surface area contributed by atoms with Crippen LogP contribution in [0.1, 0.15) is 31.9 Å². The zero-order valence-corrected chi connectivity index (χ0v) is 17.2. The quantitative estimate of drug-likeness (QED) is 0.657. The molecule has 154 valence electrons. The van der Waals surface area contributed by atoms with Crippen LogP contribution in [0.2, 0.25) is 5.02 Å². The summed E-state index contributed by atoms with van der Waals surface area (Å²) in [6, 6.07) is 7.78. The molecule has 0 aliphatic rings. The Morgan fingerprint density at radius 2 is 1.93 bits per heavy atom. The Balaban J connectivity index is 1.93. The molecule has 30 heavy (non-hydrogen) atoms. The third-order valence-corrected chi connectivity index (χ3v) is 4.34. The van der Waals surface area contributed by atoms with E-state index in [0.717, 1.165) is 10.8 Å². The SMILES string of the molecule is CC(C)(C)Cc1cc(Oc2ccc(-n3cc(C#N)c(=O)[nH]c3=O)c(Cl)c2)n[nH]c1=O. The minimum atomic E-state index is -0.773. The molecule has 0 bridgehead atoms. The number of aromatic nitrogens is 4. The van der Waals surface area contributed by atoms with Crippen molar-refractivity contribution >= 4 is 11.6 Å². The summed E-state index contributed by atoms with van der Waals surface area (Å²) in [5.41, 5.74) is -1.31. The lowest BCUT2D eigenvalue weighted by Crippen LogP contribution is -2.30. The summed E-state index contributed by atoms with van der Waals surface area (Å²) in [5.74, 6) is 0.508. The van der Waals surface area contributed by atoms with Crippen molar-refractivity contribution in [3.63, 3.8) is 0 Å². The lowest BCUT2D eigenvalue weighted by molar-refractivity contribution is 0.404. The average molecular weight is 428 g/mol. The Kier molecular flexibility index (Phi) is 5.62. The standard InChI is InChI=1S/C20H18ClN5O4/c1-20(2,3)8-11-6-16(24-25-18(11)28)30-13-4-5-15(14(21)7-13)26-10-12(9-22)17(27)23-19(26)29/h4-7,10H,8H2,1-3H3,(H,25,28)(H,23,27,29). The fourth-order valence-electron chi connectivity index (χ4n) is 2.78. The Labute approximate surface area is 175 Å². The second-order valence-corrected chi connectivity index (χ2v) is 8.20. The van der Waals surface area contributed by atoms with Crippen LogP contribution in [-0.4, -0.2) is 19.7 Å². The first-order chi connectivity index (χ1) is 14.1. The second kappa shape index (κ2) is 8.00. The lowest BCUT2D eigenvalue weighted by atomic mass is 9.89. The van der Waals surface area contributed by atoms with E-state index >= 15 is 0 Å². The smallest absolute Gasteiger partial charge is 0.333 e. The number of hydrogen-bond donors (Lipinski definition) is 2. The number of nitrogens with zero attached hydrogens (tertiary/aromatic N) is 3. The van der Waals surface area contributed by atoms with Crippen molar-refractivity contribution in [1.29, 1.82) is 5.26 Å². The van der Waals surface area contributed by atoms with Gasteiger partial charge in [-0.15, -0.1) is 5.10 Å². The Morgan fingerprint density at radius 1 is 1.20 bits per heavy atom. The van der Waals surface area contributed by atoms with Gasteiger partial charge in [0.05, 0.1) is 10.7 Å². The van der Waals surface area contributed by atoms with Gasteiger partial charge in [0.1, 0.15) is 17.4 Å². The average Bonchev–Trinajstić information content (AvgIpc) is 2.64. The van der Waals surface area contributed by atoms with Crippen LogP contribution < -0.4 is 21.5 Å². The molecule has 0 spiro atoms. The number of nitrogens with one attached hydrogen (secondary N) is 2. The fourth-order valence-corrected chi connectivity index (χ4v) is 3.04. The monoisotopic (exact) mass is 427 g/mol. The molecule has 0 atom stereocenters. The summed E-state index contributed by atoms with van der Waals surface area (Å²) < 4.78 is 6.75. The topological polar surface area (TPSA) is 134 Å². The predicted octanol–water partition coefficient (Wildman–Crippen LogP) is 2.52. The van der Waals surface area contributed by atoms with Crippen molar-refractivity contribution in [3.05, 3.63) is 77.8 Å². The van der Waals surface area contributed by atoms with Gasteiger partial charge in [-0.25, -0.2) is 9.89 Å². The maximum atomic E-state index is 12.1. The first-order valence-corrected chi connectivity index (χ1v) is 9.27. The third-order valence-electron chi connectivity index (χ3n) is 4.04. The van der Waals surface area contributed by atoms with E-state index in [4.69, 9.17) is 21.6 Å². The highest BCUT2D eigenvalue weighted by atomic mass is 35.5. The summed E-state index contributed by atoms with van der Waals surface area (Å²) in [5, 5.41) is 15.4. The maximum absolute atomic E-state index is 12.1. The molecular formula is C20H18ClN5O4. The minimum absolute atomic E-state index is 0.0945. The van der Waals surface area contributed by atoms with Crippen molar-refractivity contribution < 1.29 is 4.74 Å². The number of rotatable bonds is 4. The molecular weight excluding hydrogens is 410 g/mol. The van der Waals surface area contributed by atoms with Gasteiger partial charge in [-0.1, -0.05) is 32.4 Å². The second-order valence-electron chi connectivity index (χ2n) is 7.80. The van der Waals surface area contributed by atoms with Gasteiger partial charge in [-0.3, -0.25) is 19.1 Å². The van der Waals surface area contributed by atoms with E-state index in [1.807, 2.05) is 20.8 Å². The van der Waals surface area contributed by atoms with Crippen LogP contribution in [0.4, 0.5) is 0 Å². The van der Waals surface area contributed by atoms with Crippen molar-refractivity contribution in [2.75, 3.05) is 0 Å². The molecule has 2 N–H and O–H groups in total. The largest absolute Gasteiger partial charge is 0.438 e. The molecule has 2 aromatic heterocycles. The van der Waals surface area contributed by atoms with E-state index in [1.165, 1.54) is 12.1 Å². The third kappa shape index (κ3) is 4.67. The Bertz CT molecular complexity index is 1320. The summed E-state index contributed by atoms with van der Waals surface area (Å²) in [4.78, 5) is 37.7. The number of aromatic amines is 2. The van der Waals surface area contributed by atoms with Crippen molar-refractivity contribution in [2.45, 2.75) is 27.2 Å². The molecule has 0 unspecified atom stereocenters. The first-order valence-electron chi connectivity index (χ1n) is 8.90. The zero-order valence-electron chi connectivity index (χ0n) is 16.4. The van der Waals surface area contributed by atoms with Crippen molar-refractivity contribution in [2.24, 2.45) is 5.41 Å². The van der Waals surface area contributed by atoms with Gasteiger partial charge in [-0.05, 0) is 24.0 Å². The van der Waals surface area contributed by atoms with Crippen LogP contribution in [0.5, 0.6) is 11.6 Å². The summed E-state index contributed by atoms with van der Waals surface area (Å²) in [7, 11) is 0. The van der Waals surface area contributed by atoms with Gasteiger partial charge < -0.3 is 4.74 Å². The summed E-state index contributed by atoms with van der Waals surface area (Å²) in [6.07, 6.45) is 1.66. The Morgan fingerprint density at radius 3 is 2.57 bits per heavy atom. The molecule has 3 rings (SSSR count). The highest BCUT2D eigenvalue weighted by Crippen LogP contribution is 2.28. The number of H-pyrrole nitrogens is 2. The Hall–Kier alpha value is -3.64. The number of halogens is 1. The number of ether oxygens (including phenoxy) is 1. The zero-order chi connectivity index (χ0) is 22.1. The van der Waals surface area contributed by atoms with E-state index in [1.54, 1.807) is 18.2 Å². The molecule has 1 aromatic carbocycles. The van der Waals surface area contributed by atoms with Gasteiger partial charge in [-0.2, -0.15) is 5.26 Å². The molecule has 0 saturated carbocycles. The van der Waals surface area contributed by atoms with Crippen LogP contribution in [0.15, 0.2) is 44.8 Å². The van der Waals surface area contributed by atoms with Crippen LogP contribution in [0.3, 0.4) is 0 Å². The van der Waals surface area contributed by atoms with E-state index in [-0.39, 0.29) is 33.1 Å². The summed E-state index contributed by atoms with van der Waals surface area (Å²) in [6.45, 7) is 6.05. The molecule has 0 aliphatic carbocycles. The van der Waals surface area contributed by atoms with Crippen LogP contribution in [0.25, 0.3) is 5.69 Å². The van der Waals surface area contributed by atoms with Gasteiger partial charge in [0.15, 0.2) is 0 Å². The van der Waals surface area contributed by atoms with Crippen LogP contribution in [0, 0.1) is 16.7 Å². The van der Waals surface area contributed by atoms with Crippen LogP contribution in [-0.2, 0) is 6.42 Å². The molecule has 0 amide bonds. The van der Waals surface area contributed by atoms with E-state index < -0.39 is 11.2 Å². The lowest BCUT2D eigenvalue weighted by Gasteiger charge is -2.17. The molecule has 10 heteroatoms. The molecule has 2 heterocycles. The number of hydrogen-bond acceptors (Lipinski definition) is 6. The number of nitriles is 1. The summed E-state index contributed by atoms with van der Waals surface area (Å²) >= 11 is 6.29. The van der Waals surface area contributed by atoms with Gasteiger partial charge in [0, 0.05) is 23.9 Å². The van der Waals surface area contributed by atoms with Crippen molar-refractivity contribution in [3.8, 4) is 23.4 Å². The molecule has 3 aromatic rings. The molecule has 0 fully saturated rings. The van der Waals surface area contributed by atoms with Crippen LogP contribution >= 0.6 is 11.6 Å². The van der Waals surface area contributed by atoms with Gasteiger partial charge in [0.25, 0.3) is 11.1 Å². The minimum Gasteiger partial charge on any atom is -0.438 e. The first kappa shape index (κ1) is 21.1.